The number of nitrogens with zero attached hydrogens (tertiary/aromatic N) is 2. The van der Waals surface area contributed by atoms with Gasteiger partial charge in [0.25, 0.3) is 0 Å². The van der Waals surface area contributed by atoms with Crippen LogP contribution in [0.5, 0.6) is 0 Å². The van der Waals surface area contributed by atoms with Gasteiger partial charge in [-0.25, -0.2) is 0 Å². The molecule has 0 amide bonds. The van der Waals surface area contributed by atoms with Crippen LogP contribution >= 0.6 is 15.9 Å². The average Bonchev–Trinajstić information content (AvgIpc) is 2.68. The van der Waals surface area contributed by atoms with E-state index in [-0.39, 0.29) is 5.92 Å². The van der Waals surface area contributed by atoms with Gasteiger partial charge in [0.1, 0.15) is 5.78 Å². The highest BCUT2D eigenvalue weighted by atomic mass is 79.9. The minimum atomic E-state index is 0.183. The smallest absolute Gasteiger partial charge is 0.141 e. The van der Waals surface area contributed by atoms with E-state index >= 15 is 0 Å². The Kier molecular flexibility index (Phi) is 6.06. The molecular formula is C14H23BrN2O. The van der Waals surface area contributed by atoms with Crippen LogP contribution in [0.1, 0.15) is 51.9 Å². The van der Waals surface area contributed by atoms with E-state index in [1.54, 1.807) is 0 Å². The molecule has 0 saturated carbocycles. The quantitative estimate of drug-likeness (QED) is 0.767. The summed E-state index contributed by atoms with van der Waals surface area (Å²) in [6, 6.07) is 0. The van der Waals surface area contributed by atoms with Gasteiger partial charge in [-0.2, -0.15) is 5.10 Å². The molecule has 1 aromatic heterocycles. The fourth-order valence-corrected chi connectivity index (χ4v) is 2.94. The zero-order chi connectivity index (χ0) is 13.7. The van der Waals surface area contributed by atoms with Crippen molar-refractivity contribution in [1.82, 2.24) is 9.78 Å². The highest BCUT2D eigenvalue weighted by molar-refractivity contribution is 9.10. The summed E-state index contributed by atoms with van der Waals surface area (Å²) >= 11 is 3.59. The molecule has 0 N–H and O–H groups in total. The average molecular weight is 315 g/mol. The van der Waals surface area contributed by atoms with Crippen LogP contribution < -0.4 is 0 Å². The topological polar surface area (TPSA) is 34.9 Å². The molecule has 18 heavy (non-hydrogen) atoms. The van der Waals surface area contributed by atoms with Gasteiger partial charge in [-0.3, -0.25) is 9.48 Å². The van der Waals surface area contributed by atoms with Gasteiger partial charge in [-0.1, -0.05) is 20.8 Å². The predicted molar refractivity (Wildman–Crippen MR) is 77.8 cm³/mol. The number of aromatic nitrogens is 2. The highest BCUT2D eigenvalue weighted by Crippen LogP contribution is 2.24. The first kappa shape index (κ1) is 15.4. The molecule has 0 aliphatic rings. The highest BCUT2D eigenvalue weighted by Gasteiger charge is 2.20. The maximum absolute atomic E-state index is 12.2. The lowest BCUT2D eigenvalue weighted by atomic mass is 9.95. The number of halogens is 1. The van der Waals surface area contributed by atoms with E-state index in [2.05, 4.69) is 48.7 Å². The van der Waals surface area contributed by atoms with Crippen molar-refractivity contribution in [2.75, 3.05) is 0 Å². The Labute approximate surface area is 118 Å². The fourth-order valence-electron chi connectivity index (χ4n) is 2.24. The van der Waals surface area contributed by atoms with Crippen molar-refractivity contribution in [3.63, 3.8) is 0 Å². The van der Waals surface area contributed by atoms with Gasteiger partial charge in [-0.15, -0.1) is 0 Å². The Morgan fingerprint density at radius 1 is 1.28 bits per heavy atom. The van der Waals surface area contributed by atoms with Gasteiger partial charge in [0.05, 0.1) is 15.9 Å². The van der Waals surface area contributed by atoms with Crippen LogP contribution in [0, 0.1) is 5.92 Å². The zero-order valence-corrected chi connectivity index (χ0v) is 13.4. The van der Waals surface area contributed by atoms with Crippen molar-refractivity contribution in [2.24, 2.45) is 5.92 Å². The standard InChI is InChI=1S/C14H23BrN2O/c1-5-10(6-2)13(18)9-12-14(15)11(7-3)16-17(12)8-4/h10H,5-9H2,1-4H3. The second-order valence-electron chi connectivity index (χ2n) is 4.53. The first-order chi connectivity index (χ1) is 8.58. The van der Waals surface area contributed by atoms with Crippen molar-refractivity contribution in [1.29, 1.82) is 0 Å². The van der Waals surface area contributed by atoms with E-state index in [9.17, 15) is 4.79 Å². The summed E-state index contributed by atoms with van der Waals surface area (Å²) < 4.78 is 2.97. The molecule has 0 saturated heterocycles. The van der Waals surface area contributed by atoms with Crippen molar-refractivity contribution in [3.05, 3.63) is 15.9 Å². The molecular weight excluding hydrogens is 292 g/mol. The Balaban J connectivity index is 2.96. The minimum Gasteiger partial charge on any atom is -0.299 e. The number of hydrogen-bond donors (Lipinski definition) is 0. The zero-order valence-electron chi connectivity index (χ0n) is 11.8. The van der Waals surface area contributed by atoms with Gasteiger partial charge < -0.3 is 0 Å². The molecule has 0 unspecified atom stereocenters. The van der Waals surface area contributed by atoms with Crippen LogP contribution in [0.3, 0.4) is 0 Å². The number of Topliss-reactive ketones (excluding diaryl/α,β-unsaturated/α-hetero) is 1. The monoisotopic (exact) mass is 314 g/mol. The molecule has 0 aliphatic heterocycles. The molecule has 1 rings (SSSR count). The van der Waals surface area contributed by atoms with Crippen LogP contribution in [0.25, 0.3) is 0 Å². The number of aryl methyl sites for hydroxylation is 2. The lowest BCUT2D eigenvalue weighted by Gasteiger charge is -2.11. The second-order valence-corrected chi connectivity index (χ2v) is 5.33. The van der Waals surface area contributed by atoms with Gasteiger partial charge >= 0.3 is 0 Å². The van der Waals surface area contributed by atoms with Crippen LogP contribution in [0.2, 0.25) is 0 Å². The van der Waals surface area contributed by atoms with Gasteiger partial charge in [0.15, 0.2) is 0 Å². The molecule has 4 heteroatoms. The molecule has 3 nitrogen and oxygen atoms in total. The Morgan fingerprint density at radius 3 is 2.33 bits per heavy atom. The molecule has 0 spiro atoms. The van der Waals surface area contributed by atoms with E-state index in [0.717, 1.165) is 41.7 Å². The molecule has 1 heterocycles. The molecule has 0 aromatic carbocycles. The number of carbonyl (C=O) groups is 1. The fraction of sp³-hybridized carbons (Fsp3) is 0.714. The third-order valence-electron chi connectivity index (χ3n) is 3.48. The summed E-state index contributed by atoms with van der Waals surface area (Å²) in [6.45, 7) is 9.11. The SMILES string of the molecule is CCc1nn(CC)c(CC(=O)C(CC)CC)c1Br. The van der Waals surface area contributed by atoms with Crippen LogP contribution in [-0.4, -0.2) is 15.6 Å². The number of rotatable bonds is 7. The summed E-state index contributed by atoms with van der Waals surface area (Å²) in [5.41, 5.74) is 2.08. The van der Waals surface area contributed by atoms with Gasteiger partial charge in [-0.05, 0) is 42.1 Å². The predicted octanol–water partition coefficient (Wildman–Crippen LogP) is 3.78. The Morgan fingerprint density at radius 2 is 1.89 bits per heavy atom. The summed E-state index contributed by atoms with van der Waals surface area (Å²) in [6.07, 6.45) is 3.23. The normalized spacial score (nSPS) is 11.2. The third kappa shape index (κ3) is 3.22. The first-order valence-corrected chi connectivity index (χ1v) is 7.64. The van der Waals surface area contributed by atoms with Crippen LogP contribution in [0.15, 0.2) is 4.47 Å². The summed E-state index contributed by atoms with van der Waals surface area (Å²) in [4.78, 5) is 12.2. The number of carbonyl (C=O) groups excluding carboxylic acids is 1. The van der Waals surface area contributed by atoms with Crippen LogP contribution in [0.4, 0.5) is 0 Å². The molecule has 0 fully saturated rings. The van der Waals surface area contributed by atoms with Crippen molar-refractivity contribution in [3.8, 4) is 0 Å². The minimum absolute atomic E-state index is 0.183. The number of hydrogen-bond acceptors (Lipinski definition) is 2. The summed E-state index contributed by atoms with van der Waals surface area (Å²) in [5, 5.41) is 4.53. The Bertz CT molecular complexity index is 408. The van der Waals surface area contributed by atoms with Crippen molar-refractivity contribution < 1.29 is 4.79 Å². The van der Waals surface area contributed by atoms with E-state index < -0.39 is 0 Å². The second kappa shape index (κ2) is 7.07. The van der Waals surface area contributed by atoms with Crippen molar-refractivity contribution in [2.45, 2.75) is 59.9 Å². The lowest BCUT2D eigenvalue weighted by Crippen LogP contribution is -2.18. The van der Waals surface area contributed by atoms with Crippen LogP contribution in [-0.2, 0) is 24.2 Å². The molecule has 0 atom stereocenters. The largest absolute Gasteiger partial charge is 0.299 e. The lowest BCUT2D eigenvalue weighted by molar-refractivity contribution is -0.122. The number of ketones is 1. The molecule has 1 aromatic rings. The first-order valence-electron chi connectivity index (χ1n) is 6.85. The summed E-state index contributed by atoms with van der Waals surface area (Å²) in [7, 11) is 0. The molecule has 0 radical (unpaired) electrons. The van der Waals surface area contributed by atoms with E-state index in [1.807, 2.05) is 4.68 Å². The summed E-state index contributed by atoms with van der Waals surface area (Å²) in [5.74, 6) is 0.514. The Hall–Kier alpha value is -0.640. The molecule has 0 aliphatic carbocycles. The van der Waals surface area contributed by atoms with Crippen molar-refractivity contribution >= 4 is 21.7 Å². The molecule has 0 bridgehead atoms. The van der Waals surface area contributed by atoms with Gasteiger partial charge in [0, 0.05) is 18.9 Å². The third-order valence-corrected chi connectivity index (χ3v) is 4.39. The van der Waals surface area contributed by atoms with Gasteiger partial charge in [0.2, 0.25) is 0 Å². The van der Waals surface area contributed by atoms with E-state index in [1.165, 1.54) is 0 Å². The molecule has 102 valence electrons. The van der Waals surface area contributed by atoms with E-state index in [4.69, 9.17) is 0 Å². The maximum Gasteiger partial charge on any atom is 0.141 e. The maximum atomic E-state index is 12.2. The van der Waals surface area contributed by atoms with E-state index in [0.29, 0.717) is 12.2 Å².